The molecule has 0 unspecified atom stereocenters. The number of para-hydroxylation sites is 1. The third kappa shape index (κ3) is 2.48. The van der Waals surface area contributed by atoms with Gasteiger partial charge in [-0.3, -0.25) is 4.79 Å². The third-order valence-electron chi connectivity index (χ3n) is 3.21. The summed E-state index contributed by atoms with van der Waals surface area (Å²) in [6.45, 7) is 2.13. The highest BCUT2D eigenvalue weighted by atomic mass is 16.1. The standard InChI is InChI=1S/C16H18N2O/c1-3-4-5-6-10-13-12-9-7-8-11-14(12)18(2)16(19)15(13)17/h7-9,11H,3-5,17H2,1-2H3. The molecule has 3 nitrogen and oxygen atoms in total. The van der Waals surface area contributed by atoms with Crippen molar-refractivity contribution in [3.05, 3.63) is 40.2 Å². The number of nitrogens with zero attached hydrogens (tertiary/aromatic N) is 1. The molecule has 1 aromatic heterocycles. The van der Waals surface area contributed by atoms with Crippen LogP contribution in [0.4, 0.5) is 5.69 Å². The van der Waals surface area contributed by atoms with Gasteiger partial charge in [0.25, 0.3) is 5.56 Å². The van der Waals surface area contributed by atoms with Crippen molar-refractivity contribution in [2.45, 2.75) is 26.2 Å². The van der Waals surface area contributed by atoms with E-state index < -0.39 is 0 Å². The Balaban J connectivity index is 2.65. The number of aryl methyl sites for hydroxylation is 1. The second kappa shape index (κ2) is 5.62. The highest BCUT2D eigenvalue weighted by Crippen LogP contribution is 2.19. The molecule has 2 aromatic rings. The Morgan fingerprint density at radius 2 is 2.05 bits per heavy atom. The fraction of sp³-hybridized carbons (Fsp3) is 0.312. The number of aromatic nitrogens is 1. The molecule has 0 saturated heterocycles. The molecule has 0 aliphatic rings. The molecule has 98 valence electrons. The Bertz CT molecular complexity index is 717. The maximum absolute atomic E-state index is 12.1. The molecule has 0 amide bonds. The van der Waals surface area contributed by atoms with Crippen molar-refractivity contribution >= 4 is 16.6 Å². The highest BCUT2D eigenvalue weighted by Gasteiger charge is 2.10. The fourth-order valence-corrected chi connectivity index (χ4v) is 2.07. The van der Waals surface area contributed by atoms with Crippen molar-refractivity contribution in [3.63, 3.8) is 0 Å². The van der Waals surface area contributed by atoms with Crippen LogP contribution in [-0.2, 0) is 7.05 Å². The summed E-state index contributed by atoms with van der Waals surface area (Å²) in [6.07, 6.45) is 3.01. The molecule has 0 atom stereocenters. The lowest BCUT2D eigenvalue weighted by Gasteiger charge is -2.09. The lowest BCUT2D eigenvalue weighted by Crippen LogP contribution is -2.22. The molecule has 0 radical (unpaired) electrons. The largest absolute Gasteiger partial charge is 0.393 e. The molecule has 0 saturated carbocycles. The molecule has 0 aliphatic heterocycles. The normalized spacial score (nSPS) is 10.2. The van der Waals surface area contributed by atoms with Crippen molar-refractivity contribution in [2.24, 2.45) is 7.05 Å². The van der Waals surface area contributed by atoms with E-state index in [9.17, 15) is 4.79 Å². The Labute approximate surface area is 113 Å². The van der Waals surface area contributed by atoms with Gasteiger partial charge in [-0.05, 0) is 12.5 Å². The topological polar surface area (TPSA) is 48.0 Å². The molecule has 0 aliphatic carbocycles. The van der Waals surface area contributed by atoms with E-state index in [1.54, 1.807) is 11.6 Å². The minimum atomic E-state index is -0.182. The number of pyridine rings is 1. The van der Waals surface area contributed by atoms with Gasteiger partial charge < -0.3 is 10.3 Å². The number of nitrogen functional groups attached to an aromatic ring is 1. The predicted octanol–water partition coefficient (Wildman–Crippen LogP) is 2.66. The second-order valence-electron chi connectivity index (χ2n) is 4.58. The van der Waals surface area contributed by atoms with Crippen LogP contribution in [0.1, 0.15) is 31.7 Å². The van der Waals surface area contributed by atoms with Gasteiger partial charge in [-0.1, -0.05) is 43.4 Å². The van der Waals surface area contributed by atoms with Gasteiger partial charge >= 0.3 is 0 Å². The Kier molecular flexibility index (Phi) is 3.91. The summed E-state index contributed by atoms with van der Waals surface area (Å²) in [5.41, 5.74) is 7.51. The Morgan fingerprint density at radius 1 is 1.32 bits per heavy atom. The molecule has 2 N–H and O–H groups in total. The molecule has 1 aromatic carbocycles. The van der Waals surface area contributed by atoms with Gasteiger partial charge in [-0.15, -0.1) is 0 Å². The number of hydrogen-bond acceptors (Lipinski definition) is 2. The summed E-state index contributed by atoms with van der Waals surface area (Å²) in [7, 11) is 1.73. The summed E-state index contributed by atoms with van der Waals surface area (Å²) in [6, 6.07) is 7.71. The summed E-state index contributed by atoms with van der Waals surface area (Å²) < 4.78 is 1.57. The number of unbranched alkanes of at least 4 members (excludes halogenated alkanes) is 2. The van der Waals surface area contributed by atoms with Crippen molar-refractivity contribution < 1.29 is 0 Å². The van der Waals surface area contributed by atoms with E-state index >= 15 is 0 Å². The van der Waals surface area contributed by atoms with Gasteiger partial charge in [0.1, 0.15) is 5.69 Å². The zero-order chi connectivity index (χ0) is 13.8. The van der Waals surface area contributed by atoms with Gasteiger partial charge in [-0.2, -0.15) is 0 Å². The van der Waals surface area contributed by atoms with Crippen LogP contribution in [0.25, 0.3) is 10.9 Å². The van der Waals surface area contributed by atoms with Gasteiger partial charge in [0.15, 0.2) is 0 Å². The van der Waals surface area contributed by atoms with Crippen molar-refractivity contribution in [1.29, 1.82) is 0 Å². The number of nitrogens with two attached hydrogens (primary N) is 1. The first-order valence-electron chi connectivity index (χ1n) is 6.53. The maximum atomic E-state index is 12.1. The first kappa shape index (κ1) is 13.2. The Hall–Kier alpha value is -2.21. The van der Waals surface area contributed by atoms with E-state index in [0.29, 0.717) is 5.56 Å². The molecule has 3 heteroatoms. The maximum Gasteiger partial charge on any atom is 0.275 e. The number of hydrogen-bond donors (Lipinski definition) is 1. The number of anilines is 1. The summed E-state index contributed by atoms with van der Waals surface area (Å²) in [5, 5.41) is 0.936. The monoisotopic (exact) mass is 254 g/mol. The summed E-state index contributed by atoms with van der Waals surface area (Å²) in [4.78, 5) is 12.1. The van der Waals surface area contributed by atoms with Crippen LogP contribution in [0.15, 0.2) is 29.1 Å². The van der Waals surface area contributed by atoms with E-state index in [1.807, 2.05) is 24.3 Å². The molecule has 2 rings (SSSR count). The smallest absolute Gasteiger partial charge is 0.275 e. The van der Waals surface area contributed by atoms with Crippen LogP contribution in [-0.4, -0.2) is 4.57 Å². The zero-order valence-corrected chi connectivity index (χ0v) is 11.4. The molecular weight excluding hydrogens is 236 g/mol. The number of fused-ring (bicyclic) bond motifs is 1. The van der Waals surface area contributed by atoms with Gasteiger partial charge in [0, 0.05) is 18.9 Å². The van der Waals surface area contributed by atoms with Gasteiger partial charge in [0.05, 0.1) is 11.1 Å². The lowest BCUT2D eigenvalue weighted by atomic mass is 10.1. The number of benzene rings is 1. The van der Waals surface area contributed by atoms with Crippen molar-refractivity contribution in [1.82, 2.24) is 4.57 Å². The summed E-state index contributed by atoms with van der Waals surface area (Å²) >= 11 is 0. The minimum Gasteiger partial charge on any atom is -0.393 e. The quantitative estimate of drug-likeness (QED) is 0.661. The van der Waals surface area contributed by atoms with Crippen LogP contribution in [0.2, 0.25) is 0 Å². The van der Waals surface area contributed by atoms with Crippen molar-refractivity contribution in [3.8, 4) is 11.8 Å². The van der Waals surface area contributed by atoms with E-state index in [0.717, 1.165) is 30.2 Å². The van der Waals surface area contributed by atoms with E-state index in [4.69, 9.17) is 5.73 Å². The molecule has 0 bridgehead atoms. The van der Waals surface area contributed by atoms with Crippen LogP contribution < -0.4 is 11.3 Å². The average Bonchev–Trinajstić information content (AvgIpc) is 2.44. The van der Waals surface area contributed by atoms with Crippen LogP contribution in [0, 0.1) is 11.8 Å². The first-order valence-corrected chi connectivity index (χ1v) is 6.53. The predicted molar refractivity (Wildman–Crippen MR) is 80.0 cm³/mol. The second-order valence-corrected chi connectivity index (χ2v) is 4.58. The molecule has 0 spiro atoms. The van der Waals surface area contributed by atoms with Crippen LogP contribution in [0.5, 0.6) is 0 Å². The van der Waals surface area contributed by atoms with Gasteiger partial charge in [0.2, 0.25) is 0 Å². The molecule has 1 heterocycles. The first-order chi connectivity index (χ1) is 9.16. The molecular formula is C16H18N2O. The summed E-state index contributed by atoms with van der Waals surface area (Å²) in [5.74, 6) is 6.17. The van der Waals surface area contributed by atoms with E-state index in [1.165, 1.54) is 0 Å². The van der Waals surface area contributed by atoms with Crippen molar-refractivity contribution in [2.75, 3.05) is 5.73 Å². The SMILES string of the molecule is CCCCC#Cc1c(N)c(=O)n(C)c2ccccc12. The van der Waals surface area contributed by atoms with Gasteiger partial charge in [-0.25, -0.2) is 0 Å². The Morgan fingerprint density at radius 3 is 2.79 bits per heavy atom. The van der Waals surface area contributed by atoms with Crippen LogP contribution >= 0.6 is 0 Å². The third-order valence-corrected chi connectivity index (χ3v) is 3.21. The molecule has 0 fully saturated rings. The molecule has 19 heavy (non-hydrogen) atoms. The number of rotatable bonds is 2. The average molecular weight is 254 g/mol. The minimum absolute atomic E-state index is 0.182. The van der Waals surface area contributed by atoms with E-state index in [-0.39, 0.29) is 11.2 Å². The zero-order valence-electron chi connectivity index (χ0n) is 11.4. The lowest BCUT2D eigenvalue weighted by molar-refractivity contribution is 0.828. The highest BCUT2D eigenvalue weighted by molar-refractivity contribution is 5.89. The fourth-order valence-electron chi connectivity index (χ4n) is 2.07. The van der Waals surface area contributed by atoms with E-state index in [2.05, 4.69) is 18.8 Å². The van der Waals surface area contributed by atoms with Crippen LogP contribution in [0.3, 0.4) is 0 Å².